The molecule has 0 aliphatic carbocycles. The minimum absolute atomic E-state index is 0.908. The summed E-state index contributed by atoms with van der Waals surface area (Å²) in [4.78, 5) is 0. The second-order valence-corrected chi connectivity index (χ2v) is 14.9. The maximum absolute atomic E-state index is 6.76. The molecule has 0 saturated carbocycles. The molecule has 2 heterocycles. The van der Waals surface area contributed by atoms with Gasteiger partial charge in [0.05, 0.1) is 5.52 Å². The first kappa shape index (κ1) is 33.6. The van der Waals surface area contributed by atoms with E-state index in [1.807, 2.05) is 6.07 Å². The first-order valence-electron chi connectivity index (χ1n) is 19.8. The van der Waals surface area contributed by atoms with E-state index in [9.17, 15) is 0 Å². The van der Waals surface area contributed by atoms with Gasteiger partial charge in [0.25, 0.3) is 0 Å². The molecule has 2 nitrogen and oxygen atoms in total. The van der Waals surface area contributed by atoms with Crippen molar-refractivity contribution in [1.29, 1.82) is 0 Å². The Morgan fingerprint density at radius 3 is 1.21 bits per heavy atom. The third-order valence-corrected chi connectivity index (χ3v) is 11.5. The van der Waals surface area contributed by atoms with Gasteiger partial charge in [0, 0.05) is 44.7 Å². The molecule has 0 spiro atoms. The van der Waals surface area contributed by atoms with Crippen LogP contribution in [-0.2, 0) is 0 Å². The molecule has 0 amide bonds. The molecule has 0 bridgehead atoms. The third-order valence-electron chi connectivity index (χ3n) is 11.5. The number of aromatic nitrogens is 1. The molecule has 0 aliphatic heterocycles. The highest BCUT2D eigenvalue weighted by Crippen LogP contribution is 2.41. The topological polar surface area (TPSA) is 18.1 Å². The number of nitrogens with zero attached hydrogens (tertiary/aromatic N) is 1. The van der Waals surface area contributed by atoms with E-state index in [0.29, 0.717) is 0 Å². The van der Waals surface area contributed by atoms with E-state index in [0.717, 1.165) is 55.4 Å². The van der Waals surface area contributed by atoms with Crippen molar-refractivity contribution >= 4 is 32.8 Å². The first-order chi connectivity index (χ1) is 28.7. The summed E-state index contributed by atoms with van der Waals surface area (Å²) in [6.45, 7) is 0. The van der Waals surface area contributed by atoms with Crippen LogP contribution in [0.25, 0.3) is 105 Å². The quantitative estimate of drug-likeness (QED) is 0.159. The highest BCUT2D eigenvalue weighted by atomic mass is 16.3. The number of fused-ring (bicyclic) bond motifs is 4. The van der Waals surface area contributed by atoms with Gasteiger partial charge >= 0.3 is 0 Å². The van der Waals surface area contributed by atoms with Crippen LogP contribution < -0.4 is 0 Å². The lowest BCUT2D eigenvalue weighted by molar-refractivity contribution is 0.671. The molecule has 0 atom stereocenters. The van der Waals surface area contributed by atoms with Crippen molar-refractivity contribution in [2.75, 3.05) is 0 Å². The van der Waals surface area contributed by atoms with Gasteiger partial charge in [-0.15, -0.1) is 0 Å². The molecule has 0 radical (unpaired) electrons. The highest BCUT2D eigenvalue weighted by molar-refractivity contribution is 6.13. The number of benzene rings is 9. The van der Waals surface area contributed by atoms with Crippen molar-refractivity contribution in [3.8, 4) is 72.4 Å². The van der Waals surface area contributed by atoms with Crippen LogP contribution in [0.4, 0.5) is 0 Å². The third kappa shape index (κ3) is 5.91. The van der Waals surface area contributed by atoms with E-state index in [1.54, 1.807) is 0 Å². The van der Waals surface area contributed by atoms with Gasteiger partial charge in [-0.25, -0.2) is 0 Å². The molecule has 0 N–H and O–H groups in total. The zero-order valence-electron chi connectivity index (χ0n) is 31.7. The molecule has 9 aromatic carbocycles. The fourth-order valence-electron chi connectivity index (χ4n) is 8.51. The minimum atomic E-state index is 0.908. The summed E-state index contributed by atoms with van der Waals surface area (Å²) < 4.78 is 9.09. The van der Waals surface area contributed by atoms with Gasteiger partial charge in [-0.1, -0.05) is 194 Å². The number of para-hydroxylation sites is 2. The summed E-state index contributed by atoms with van der Waals surface area (Å²) in [5.74, 6) is 0. The lowest BCUT2D eigenvalue weighted by Crippen LogP contribution is -1.92. The Hall–Kier alpha value is -7.68. The van der Waals surface area contributed by atoms with Crippen molar-refractivity contribution in [3.05, 3.63) is 225 Å². The van der Waals surface area contributed by atoms with Gasteiger partial charge in [0.2, 0.25) is 0 Å². The van der Waals surface area contributed by atoms with Crippen LogP contribution in [0, 0.1) is 0 Å². The Kier molecular flexibility index (Phi) is 8.19. The normalized spacial score (nSPS) is 11.4. The molecule has 272 valence electrons. The molecule has 2 heteroatoms. The molecule has 11 aromatic rings. The summed E-state index contributed by atoms with van der Waals surface area (Å²) in [5.41, 5.74) is 18.2. The minimum Gasteiger partial charge on any atom is -0.455 e. The molecule has 0 fully saturated rings. The zero-order chi connectivity index (χ0) is 38.4. The summed E-state index contributed by atoms with van der Waals surface area (Å²) >= 11 is 0. The molecule has 11 rings (SSSR count). The number of rotatable bonds is 7. The lowest BCUT2D eigenvalue weighted by Gasteiger charge is -2.09. The second kappa shape index (κ2) is 14.1. The SMILES string of the molecule is c1ccc(-c2ccc(-c3ccc4c(c3)c(-c3ccc(-c5ccccc5)cc3)cn4-c3ccc(-c4cccc5c4oc4c(-c6ccccc6)cccc45)cc3)cc2)cc1. The summed E-state index contributed by atoms with van der Waals surface area (Å²) in [5, 5.41) is 3.46. The van der Waals surface area contributed by atoms with Crippen molar-refractivity contribution in [1.82, 2.24) is 4.57 Å². The predicted molar refractivity (Wildman–Crippen MR) is 243 cm³/mol. The maximum atomic E-state index is 6.76. The van der Waals surface area contributed by atoms with Gasteiger partial charge in [0.1, 0.15) is 11.2 Å². The zero-order valence-corrected chi connectivity index (χ0v) is 31.7. The van der Waals surface area contributed by atoms with Crippen LogP contribution in [0.5, 0.6) is 0 Å². The fraction of sp³-hybridized carbons (Fsp3) is 0. The summed E-state index contributed by atoms with van der Waals surface area (Å²) in [7, 11) is 0. The van der Waals surface area contributed by atoms with Crippen molar-refractivity contribution in [2.24, 2.45) is 0 Å². The monoisotopic (exact) mass is 739 g/mol. The van der Waals surface area contributed by atoms with Crippen LogP contribution in [0.15, 0.2) is 229 Å². The second-order valence-electron chi connectivity index (χ2n) is 14.9. The Balaban J connectivity index is 0.997. The largest absolute Gasteiger partial charge is 0.455 e. The number of hydrogen-bond donors (Lipinski definition) is 0. The van der Waals surface area contributed by atoms with Crippen LogP contribution in [0.3, 0.4) is 0 Å². The van der Waals surface area contributed by atoms with Crippen LogP contribution in [0.2, 0.25) is 0 Å². The van der Waals surface area contributed by atoms with E-state index in [2.05, 4.69) is 223 Å². The Labute approximate surface area is 337 Å². The standard InChI is InChI=1S/C56H37NO/c1-4-12-38(13-5-1)40-22-24-42(25-23-40)46-32-35-54-52(36-46)53(45-28-26-41(27-29-45)39-14-6-2-7-15-39)37-57(54)47-33-30-44(31-34-47)49-19-11-21-51-50-20-10-18-48(55(50)58-56(49)51)43-16-8-3-9-17-43/h1-37H. The average molecular weight is 740 g/mol. The number of hydrogen-bond acceptors (Lipinski definition) is 1. The van der Waals surface area contributed by atoms with Crippen LogP contribution in [-0.4, -0.2) is 4.57 Å². The van der Waals surface area contributed by atoms with Crippen molar-refractivity contribution in [2.45, 2.75) is 0 Å². The predicted octanol–water partition coefficient (Wildman–Crippen LogP) is 15.5. The summed E-state index contributed by atoms with van der Waals surface area (Å²) in [6.07, 6.45) is 2.30. The lowest BCUT2D eigenvalue weighted by atomic mass is 9.97. The van der Waals surface area contributed by atoms with Gasteiger partial charge in [-0.2, -0.15) is 0 Å². The van der Waals surface area contributed by atoms with Crippen molar-refractivity contribution in [3.63, 3.8) is 0 Å². The number of furan rings is 1. The van der Waals surface area contributed by atoms with E-state index >= 15 is 0 Å². The fourth-order valence-corrected chi connectivity index (χ4v) is 8.51. The Bertz CT molecular complexity index is 3210. The average Bonchev–Trinajstić information content (AvgIpc) is 3.89. The van der Waals surface area contributed by atoms with E-state index < -0.39 is 0 Å². The molecule has 0 saturated heterocycles. The van der Waals surface area contributed by atoms with Gasteiger partial charge in [-0.05, 0) is 74.3 Å². The van der Waals surface area contributed by atoms with E-state index in [1.165, 1.54) is 49.9 Å². The van der Waals surface area contributed by atoms with E-state index in [-0.39, 0.29) is 0 Å². The van der Waals surface area contributed by atoms with Crippen LogP contribution in [0.1, 0.15) is 0 Å². The molecular weight excluding hydrogens is 703 g/mol. The molecule has 58 heavy (non-hydrogen) atoms. The van der Waals surface area contributed by atoms with Gasteiger partial charge < -0.3 is 8.98 Å². The molecule has 0 unspecified atom stereocenters. The van der Waals surface area contributed by atoms with Crippen molar-refractivity contribution < 1.29 is 4.42 Å². The molecular formula is C56H37NO. The Morgan fingerprint density at radius 2 is 0.672 bits per heavy atom. The van der Waals surface area contributed by atoms with Gasteiger partial charge in [-0.3, -0.25) is 0 Å². The maximum Gasteiger partial charge on any atom is 0.143 e. The molecule has 0 aliphatic rings. The smallest absolute Gasteiger partial charge is 0.143 e. The Morgan fingerprint density at radius 1 is 0.276 bits per heavy atom. The van der Waals surface area contributed by atoms with E-state index in [4.69, 9.17) is 4.42 Å². The highest BCUT2D eigenvalue weighted by Gasteiger charge is 2.17. The first-order valence-corrected chi connectivity index (χ1v) is 19.8. The van der Waals surface area contributed by atoms with Crippen LogP contribution >= 0.6 is 0 Å². The van der Waals surface area contributed by atoms with Gasteiger partial charge in [0.15, 0.2) is 0 Å². The summed E-state index contributed by atoms with van der Waals surface area (Å²) in [6, 6.07) is 78.2. The molecule has 2 aromatic heterocycles.